The highest BCUT2D eigenvalue weighted by Crippen LogP contribution is 2.32. The summed E-state index contributed by atoms with van der Waals surface area (Å²) in [5.74, 6) is 2.30. The number of amides is 1. The molecular weight excluding hydrogens is 266 g/mol. The second-order valence-electron chi connectivity index (χ2n) is 6.56. The lowest BCUT2D eigenvalue weighted by atomic mass is 9.99. The van der Waals surface area contributed by atoms with Crippen LogP contribution >= 0.6 is 0 Å². The Labute approximate surface area is 126 Å². The summed E-state index contributed by atoms with van der Waals surface area (Å²) in [7, 11) is 2.10. The SMILES string of the molecule is CC(C)C(=O)N1CCCCC1c1nnc2n1CCN(C)C2. The van der Waals surface area contributed by atoms with Gasteiger partial charge in [0.2, 0.25) is 5.91 Å². The predicted molar refractivity (Wildman–Crippen MR) is 79.5 cm³/mol. The molecule has 1 aromatic heterocycles. The van der Waals surface area contributed by atoms with Gasteiger partial charge in [-0.05, 0) is 26.3 Å². The van der Waals surface area contributed by atoms with Gasteiger partial charge in [-0.3, -0.25) is 9.69 Å². The van der Waals surface area contributed by atoms with Gasteiger partial charge in [-0.2, -0.15) is 0 Å². The maximum Gasteiger partial charge on any atom is 0.225 e. The monoisotopic (exact) mass is 291 g/mol. The third-order valence-corrected chi connectivity index (χ3v) is 4.55. The molecule has 3 heterocycles. The van der Waals surface area contributed by atoms with Crippen LogP contribution in [0.5, 0.6) is 0 Å². The van der Waals surface area contributed by atoms with Gasteiger partial charge in [0.05, 0.1) is 12.6 Å². The van der Waals surface area contributed by atoms with Crippen LogP contribution in [-0.2, 0) is 17.9 Å². The molecule has 1 fully saturated rings. The molecule has 0 radical (unpaired) electrons. The molecule has 116 valence electrons. The fraction of sp³-hybridized carbons (Fsp3) is 0.800. The number of carbonyl (C=O) groups excluding carboxylic acids is 1. The van der Waals surface area contributed by atoms with Crippen LogP contribution in [0.25, 0.3) is 0 Å². The molecule has 1 unspecified atom stereocenters. The number of aromatic nitrogens is 3. The maximum absolute atomic E-state index is 12.5. The molecule has 0 N–H and O–H groups in total. The molecular formula is C15H25N5O. The summed E-state index contributed by atoms with van der Waals surface area (Å²) in [5, 5.41) is 8.79. The predicted octanol–water partition coefficient (Wildman–Crippen LogP) is 1.43. The quantitative estimate of drug-likeness (QED) is 0.827. The zero-order valence-electron chi connectivity index (χ0n) is 13.2. The summed E-state index contributed by atoms with van der Waals surface area (Å²) in [4.78, 5) is 16.8. The first-order valence-electron chi connectivity index (χ1n) is 7.99. The number of piperidine rings is 1. The van der Waals surface area contributed by atoms with Gasteiger partial charge in [-0.25, -0.2) is 0 Å². The van der Waals surface area contributed by atoms with E-state index < -0.39 is 0 Å². The summed E-state index contributed by atoms with van der Waals surface area (Å²) < 4.78 is 2.23. The van der Waals surface area contributed by atoms with Gasteiger partial charge in [0, 0.05) is 25.6 Å². The minimum Gasteiger partial charge on any atom is -0.332 e. The summed E-state index contributed by atoms with van der Waals surface area (Å²) in [6.07, 6.45) is 3.26. The van der Waals surface area contributed by atoms with Gasteiger partial charge in [0.15, 0.2) is 5.82 Å². The van der Waals surface area contributed by atoms with Crippen molar-refractivity contribution in [2.45, 2.75) is 52.2 Å². The van der Waals surface area contributed by atoms with E-state index in [2.05, 4.69) is 26.7 Å². The Morgan fingerprint density at radius 2 is 2.00 bits per heavy atom. The van der Waals surface area contributed by atoms with Crippen molar-refractivity contribution in [2.24, 2.45) is 5.92 Å². The van der Waals surface area contributed by atoms with E-state index in [1.54, 1.807) is 0 Å². The first-order chi connectivity index (χ1) is 10.1. The molecule has 1 amide bonds. The summed E-state index contributed by atoms with van der Waals surface area (Å²) in [5.41, 5.74) is 0. The molecule has 2 aliphatic heterocycles. The minimum atomic E-state index is 0.0421. The van der Waals surface area contributed by atoms with Gasteiger partial charge < -0.3 is 9.47 Å². The van der Waals surface area contributed by atoms with E-state index in [1.165, 1.54) is 0 Å². The normalized spacial score (nSPS) is 23.4. The molecule has 21 heavy (non-hydrogen) atoms. The lowest BCUT2D eigenvalue weighted by Gasteiger charge is -2.37. The van der Waals surface area contributed by atoms with Gasteiger partial charge in [0.25, 0.3) is 0 Å². The topological polar surface area (TPSA) is 54.3 Å². The van der Waals surface area contributed by atoms with Crippen molar-refractivity contribution >= 4 is 5.91 Å². The van der Waals surface area contributed by atoms with E-state index >= 15 is 0 Å². The highest BCUT2D eigenvalue weighted by molar-refractivity contribution is 5.78. The van der Waals surface area contributed by atoms with Crippen LogP contribution in [0, 0.1) is 5.92 Å². The lowest BCUT2D eigenvalue weighted by Crippen LogP contribution is -2.42. The molecule has 6 nitrogen and oxygen atoms in total. The number of likely N-dealkylation sites (N-methyl/N-ethyl adjacent to an activating group) is 1. The van der Waals surface area contributed by atoms with Crippen LogP contribution in [0.3, 0.4) is 0 Å². The maximum atomic E-state index is 12.5. The van der Waals surface area contributed by atoms with Crippen LogP contribution in [0.4, 0.5) is 0 Å². The molecule has 1 aromatic rings. The van der Waals surface area contributed by atoms with E-state index in [9.17, 15) is 4.79 Å². The Balaban J connectivity index is 1.89. The number of carbonyl (C=O) groups is 1. The smallest absolute Gasteiger partial charge is 0.225 e. The van der Waals surface area contributed by atoms with Crippen molar-refractivity contribution in [2.75, 3.05) is 20.1 Å². The Morgan fingerprint density at radius 3 is 2.76 bits per heavy atom. The standard InChI is InChI=1S/C15H25N5O/c1-11(2)15(21)19-7-5-4-6-12(19)14-17-16-13-10-18(3)8-9-20(13)14/h11-12H,4-10H2,1-3H3. The first-order valence-corrected chi connectivity index (χ1v) is 7.99. The molecule has 0 saturated carbocycles. The van der Waals surface area contributed by atoms with Gasteiger partial charge >= 0.3 is 0 Å². The molecule has 0 spiro atoms. The first kappa shape index (κ1) is 14.5. The average Bonchev–Trinajstić information content (AvgIpc) is 2.89. The number of hydrogen-bond acceptors (Lipinski definition) is 4. The van der Waals surface area contributed by atoms with Crippen LogP contribution < -0.4 is 0 Å². The average molecular weight is 291 g/mol. The molecule has 0 aliphatic carbocycles. The lowest BCUT2D eigenvalue weighted by molar-refractivity contribution is -0.138. The summed E-state index contributed by atoms with van der Waals surface area (Å²) >= 11 is 0. The second-order valence-corrected chi connectivity index (χ2v) is 6.56. The highest BCUT2D eigenvalue weighted by Gasteiger charge is 2.34. The minimum absolute atomic E-state index is 0.0421. The Bertz CT molecular complexity index is 524. The zero-order chi connectivity index (χ0) is 15.0. The van der Waals surface area contributed by atoms with E-state index in [0.717, 1.165) is 57.1 Å². The molecule has 0 bridgehead atoms. The third-order valence-electron chi connectivity index (χ3n) is 4.55. The van der Waals surface area contributed by atoms with Gasteiger partial charge in [0.1, 0.15) is 5.82 Å². The van der Waals surface area contributed by atoms with Crippen LogP contribution in [0.2, 0.25) is 0 Å². The largest absolute Gasteiger partial charge is 0.332 e. The molecule has 2 aliphatic rings. The summed E-state index contributed by atoms with van der Waals surface area (Å²) in [6.45, 7) is 7.59. The summed E-state index contributed by atoms with van der Waals surface area (Å²) in [6, 6.07) is 0.110. The third kappa shape index (κ3) is 2.69. The number of fused-ring (bicyclic) bond motifs is 1. The van der Waals surface area contributed by atoms with Crippen molar-refractivity contribution in [1.29, 1.82) is 0 Å². The second kappa shape index (κ2) is 5.75. The Kier molecular flexibility index (Phi) is 3.97. The molecule has 1 atom stereocenters. The highest BCUT2D eigenvalue weighted by atomic mass is 16.2. The molecule has 0 aromatic carbocycles. The molecule has 3 rings (SSSR count). The van der Waals surface area contributed by atoms with Crippen molar-refractivity contribution in [3.63, 3.8) is 0 Å². The Hall–Kier alpha value is -1.43. The van der Waals surface area contributed by atoms with E-state index in [-0.39, 0.29) is 17.9 Å². The van der Waals surface area contributed by atoms with Gasteiger partial charge in [-0.15, -0.1) is 10.2 Å². The number of likely N-dealkylation sites (tertiary alicyclic amines) is 1. The fourth-order valence-electron chi connectivity index (χ4n) is 3.34. The molecule has 1 saturated heterocycles. The van der Waals surface area contributed by atoms with Crippen molar-refractivity contribution in [3.8, 4) is 0 Å². The van der Waals surface area contributed by atoms with E-state index in [0.29, 0.717) is 0 Å². The van der Waals surface area contributed by atoms with Crippen LogP contribution in [0.1, 0.15) is 50.8 Å². The number of nitrogens with zero attached hydrogens (tertiary/aromatic N) is 5. The van der Waals surface area contributed by atoms with Crippen molar-refractivity contribution < 1.29 is 4.79 Å². The fourth-order valence-corrected chi connectivity index (χ4v) is 3.34. The van der Waals surface area contributed by atoms with Gasteiger partial charge in [-0.1, -0.05) is 13.8 Å². The molecule has 6 heteroatoms. The number of rotatable bonds is 2. The van der Waals surface area contributed by atoms with E-state index in [4.69, 9.17) is 0 Å². The van der Waals surface area contributed by atoms with Crippen LogP contribution in [-0.4, -0.2) is 50.6 Å². The van der Waals surface area contributed by atoms with Crippen molar-refractivity contribution in [1.82, 2.24) is 24.6 Å². The number of hydrogen-bond donors (Lipinski definition) is 0. The zero-order valence-corrected chi connectivity index (χ0v) is 13.2. The van der Waals surface area contributed by atoms with E-state index in [1.807, 2.05) is 18.7 Å². The van der Waals surface area contributed by atoms with Crippen LogP contribution in [0.15, 0.2) is 0 Å². The Morgan fingerprint density at radius 1 is 1.19 bits per heavy atom. The van der Waals surface area contributed by atoms with Crippen molar-refractivity contribution in [3.05, 3.63) is 11.6 Å².